The van der Waals surface area contributed by atoms with Crippen LogP contribution in [0.5, 0.6) is 11.5 Å². The van der Waals surface area contributed by atoms with E-state index in [9.17, 15) is 0 Å². The zero-order valence-electron chi connectivity index (χ0n) is 17.6. The Balaban J connectivity index is 1.62. The molecule has 5 nitrogen and oxygen atoms in total. The molecule has 2 heterocycles. The Labute approximate surface area is 176 Å². The van der Waals surface area contributed by atoms with Gasteiger partial charge >= 0.3 is 0 Å². The summed E-state index contributed by atoms with van der Waals surface area (Å²) in [7, 11) is 5.98. The lowest BCUT2D eigenvalue weighted by atomic mass is 9.57. The Kier molecular flexibility index (Phi) is 3.75. The van der Waals surface area contributed by atoms with Gasteiger partial charge in [-0.05, 0) is 63.2 Å². The van der Waals surface area contributed by atoms with Crippen molar-refractivity contribution in [2.75, 3.05) is 27.7 Å². The highest BCUT2D eigenvalue weighted by Crippen LogP contribution is 2.64. The minimum Gasteiger partial charge on any atom is -0.493 e. The molecule has 152 valence electrons. The molecular formula is C25H25N3O2. The van der Waals surface area contributed by atoms with Gasteiger partial charge in [0.1, 0.15) is 5.69 Å². The molecule has 1 aromatic heterocycles. The molecule has 3 aliphatic rings. The first kappa shape index (κ1) is 17.9. The van der Waals surface area contributed by atoms with Crippen LogP contribution >= 0.6 is 0 Å². The van der Waals surface area contributed by atoms with Crippen LogP contribution in [-0.2, 0) is 11.8 Å². The molecule has 6 rings (SSSR count). The largest absolute Gasteiger partial charge is 0.493 e. The summed E-state index contributed by atoms with van der Waals surface area (Å²) in [6.45, 7) is 0.983. The summed E-state index contributed by atoms with van der Waals surface area (Å²) in [5.41, 5.74) is 6.30. The summed E-state index contributed by atoms with van der Waals surface area (Å²) in [5.74, 6) is 2.01. The molecule has 0 fully saturated rings. The van der Waals surface area contributed by atoms with Gasteiger partial charge in [0.2, 0.25) is 0 Å². The number of allylic oxidation sites excluding steroid dienone is 1. The second-order valence-electron chi connectivity index (χ2n) is 8.87. The van der Waals surface area contributed by atoms with E-state index in [-0.39, 0.29) is 11.5 Å². The van der Waals surface area contributed by atoms with Gasteiger partial charge in [0.25, 0.3) is 0 Å². The van der Waals surface area contributed by atoms with Gasteiger partial charge in [0, 0.05) is 5.56 Å². The van der Waals surface area contributed by atoms with Gasteiger partial charge in [-0.1, -0.05) is 30.4 Å². The van der Waals surface area contributed by atoms with Gasteiger partial charge in [-0.3, -0.25) is 0 Å². The summed E-state index contributed by atoms with van der Waals surface area (Å²) in [6, 6.07) is 12.3. The highest BCUT2D eigenvalue weighted by molar-refractivity contribution is 5.76. The third kappa shape index (κ3) is 2.27. The minimum absolute atomic E-state index is 0.150. The van der Waals surface area contributed by atoms with Gasteiger partial charge in [-0.2, -0.15) is 0 Å². The fourth-order valence-corrected chi connectivity index (χ4v) is 5.62. The normalized spacial score (nSPS) is 25.2. The smallest absolute Gasteiger partial charge is 0.166 e. The fourth-order valence-electron chi connectivity index (χ4n) is 5.62. The first-order valence-corrected chi connectivity index (χ1v) is 10.6. The number of hydrogen-bond acceptors (Lipinski definition) is 5. The summed E-state index contributed by atoms with van der Waals surface area (Å²) < 4.78 is 12.5. The fraction of sp³-hybridized carbons (Fsp3) is 0.360. The van der Waals surface area contributed by atoms with E-state index in [0.29, 0.717) is 5.92 Å². The molecule has 2 aromatic carbocycles. The van der Waals surface area contributed by atoms with Crippen molar-refractivity contribution >= 4 is 17.1 Å². The lowest BCUT2D eigenvalue weighted by Gasteiger charge is -2.46. The predicted molar refractivity (Wildman–Crippen MR) is 117 cm³/mol. The van der Waals surface area contributed by atoms with Crippen LogP contribution in [-0.4, -0.2) is 42.6 Å². The number of hydrogen-bond donors (Lipinski definition) is 0. The number of ether oxygens (including phenoxy) is 2. The Morgan fingerprint density at radius 1 is 1.13 bits per heavy atom. The van der Waals surface area contributed by atoms with Gasteiger partial charge in [0.05, 0.1) is 29.3 Å². The summed E-state index contributed by atoms with van der Waals surface area (Å²) >= 11 is 0. The quantitative estimate of drug-likeness (QED) is 0.659. The molecule has 3 atom stereocenters. The van der Waals surface area contributed by atoms with Gasteiger partial charge in [0.15, 0.2) is 17.6 Å². The van der Waals surface area contributed by atoms with Gasteiger partial charge in [-0.25, -0.2) is 9.97 Å². The summed E-state index contributed by atoms with van der Waals surface area (Å²) in [6.07, 6.45) is 6.35. The van der Waals surface area contributed by atoms with E-state index in [1.165, 1.54) is 11.1 Å². The van der Waals surface area contributed by atoms with Crippen LogP contribution in [0.2, 0.25) is 0 Å². The molecule has 0 N–H and O–H groups in total. The van der Waals surface area contributed by atoms with E-state index in [2.05, 4.69) is 37.2 Å². The van der Waals surface area contributed by atoms with Crippen molar-refractivity contribution in [1.29, 1.82) is 0 Å². The van der Waals surface area contributed by atoms with Crippen LogP contribution in [0.4, 0.5) is 0 Å². The SMILES string of the molecule is COc1ccc2c3c1O[C@@H]1c4nc5ccccc5nc4C[C@H](C=C2)[C@]31CCN(C)C. The van der Waals surface area contributed by atoms with Crippen molar-refractivity contribution in [2.24, 2.45) is 5.92 Å². The van der Waals surface area contributed by atoms with Crippen LogP contribution in [0.1, 0.15) is 35.0 Å². The lowest BCUT2D eigenvalue weighted by Crippen LogP contribution is -2.47. The van der Waals surface area contributed by atoms with E-state index in [1.807, 2.05) is 30.3 Å². The monoisotopic (exact) mass is 399 g/mol. The van der Waals surface area contributed by atoms with Crippen LogP contribution in [0.25, 0.3) is 17.1 Å². The summed E-state index contributed by atoms with van der Waals surface area (Å²) in [5, 5.41) is 0. The predicted octanol–water partition coefficient (Wildman–Crippen LogP) is 4.16. The Hall–Kier alpha value is -2.92. The molecule has 0 amide bonds. The molecule has 1 aliphatic heterocycles. The van der Waals surface area contributed by atoms with Crippen molar-refractivity contribution in [3.8, 4) is 11.5 Å². The van der Waals surface area contributed by atoms with Gasteiger partial charge in [-0.15, -0.1) is 0 Å². The molecule has 0 radical (unpaired) electrons. The number of para-hydroxylation sites is 2. The third-order valence-corrected chi connectivity index (χ3v) is 7.02. The maximum absolute atomic E-state index is 6.75. The van der Waals surface area contributed by atoms with Crippen molar-refractivity contribution in [3.05, 3.63) is 65.0 Å². The topological polar surface area (TPSA) is 47.5 Å². The average molecular weight is 399 g/mol. The molecular weight excluding hydrogens is 374 g/mol. The first-order valence-electron chi connectivity index (χ1n) is 10.6. The van der Waals surface area contributed by atoms with Crippen LogP contribution in [0, 0.1) is 5.92 Å². The molecule has 0 spiro atoms. The molecule has 0 bridgehead atoms. The van der Waals surface area contributed by atoms with E-state index < -0.39 is 0 Å². The van der Waals surface area contributed by atoms with E-state index in [1.54, 1.807) is 7.11 Å². The van der Waals surface area contributed by atoms with Gasteiger partial charge < -0.3 is 14.4 Å². The number of methoxy groups -OCH3 is 1. The zero-order chi connectivity index (χ0) is 20.5. The molecule has 3 aromatic rings. The standard InChI is InChI=1S/C25H25N3O2/c1-28(2)13-12-25-16-10-8-15-9-11-20(29-3)23(21(15)25)30-24(25)22-19(14-16)26-17-6-4-5-7-18(17)27-22/h4-11,16,24H,12-14H2,1-3H3/t16-,24+,25+/m0/s1. The maximum Gasteiger partial charge on any atom is 0.166 e. The summed E-state index contributed by atoms with van der Waals surface area (Å²) in [4.78, 5) is 12.4. The lowest BCUT2D eigenvalue weighted by molar-refractivity contribution is 0.0801. The van der Waals surface area contributed by atoms with Crippen LogP contribution in [0.15, 0.2) is 42.5 Å². The Morgan fingerprint density at radius 3 is 2.70 bits per heavy atom. The van der Waals surface area contributed by atoms with E-state index in [4.69, 9.17) is 19.4 Å². The minimum atomic E-state index is -0.154. The number of nitrogens with zero attached hydrogens (tertiary/aromatic N) is 3. The van der Waals surface area contributed by atoms with Crippen molar-refractivity contribution in [1.82, 2.24) is 14.9 Å². The molecule has 0 saturated carbocycles. The molecule has 5 heteroatoms. The van der Waals surface area contributed by atoms with Crippen molar-refractivity contribution in [3.63, 3.8) is 0 Å². The highest BCUT2D eigenvalue weighted by atomic mass is 16.5. The van der Waals surface area contributed by atoms with E-state index >= 15 is 0 Å². The second-order valence-corrected chi connectivity index (χ2v) is 8.87. The second kappa shape index (κ2) is 6.29. The van der Waals surface area contributed by atoms with Crippen molar-refractivity contribution in [2.45, 2.75) is 24.4 Å². The first-order chi connectivity index (χ1) is 14.6. The average Bonchev–Trinajstić information content (AvgIpc) is 3.12. The molecule has 0 saturated heterocycles. The Bertz CT molecular complexity index is 1200. The molecule has 2 aliphatic carbocycles. The number of benzene rings is 2. The van der Waals surface area contributed by atoms with Crippen LogP contribution < -0.4 is 9.47 Å². The number of rotatable bonds is 4. The zero-order valence-corrected chi connectivity index (χ0v) is 17.6. The van der Waals surface area contributed by atoms with Crippen LogP contribution in [0.3, 0.4) is 0 Å². The number of aromatic nitrogens is 2. The number of fused-ring (bicyclic) bond motifs is 3. The molecule has 30 heavy (non-hydrogen) atoms. The highest BCUT2D eigenvalue weighted by Gasteiger charge is 2.60. The third-order valence-electron chi connectivity index (χ3n) is 7.02. The van der Waals surface area contributed by atoms with Crippen molar-refractivity contribution < 1.29 is 9.47 Å². The maximum atomic E-state index is 6.75. The van der Waals surface area contributed by atoms with E-state index in [0.717, 1.165) is 53.3 Å². The molecule has 0 unspecified atom stereocenters. The Morgan fingerprint density at radius 2 is 1.93 bits per heavy atom.